The molecular formula is C27H21N7O5. The second kappa shape index (κ2) is 9.56. The molecule has 194 valence electrons. The summed E-state index contributed by atoms with van der Waals surface area (Å²) in [6.07, 6.45) is 0.513. The van der Waals surface area contributed by atoms with E-state index in [-0.39, 0.29) is 24.0 Å². The highest BCUT2D eigenvalue weighted by Gasteiger charge is 2.55. The topological polar surface area (TPSA) is 141 Å². The SMILES string of the molecule is O=C1[C@H]2N=NN(CC(=O)N3N=C(c4ccccc4)C[C@H]3c3ccccc3)[C@@H]2C(=O)N1c1ccc([N+](=O)[O-])cc1. The summed E-state index contributed by atoms with van der Waals surface area (Å²) < 4.78 is 0. The highest BCUT2D eigenvalue weighted by molar-refractivity contribution is 6.25. The zero-order chi connectivity index (χ0) is 27.1. The normalized spacial score (nSPS) is 21.9. The van der Waals surface area contributed by atoms with Crippen LogP contribution in [0.2, 0.25) is 0 Å². The number of amides is 3. The van der Waals surface area contributed by atoms with Crippen molar-refractivity contribution < 1.29 is 19.3 Å². The molecule has 1 fully saturated rings. The molecule has 3 heterocycles. The number of hydrogen-bond donors (Lipinski definition) is 0. The minimum atomic E-state index is -1.10. The standard InChI is InChI=1S/C27H21N7O5/c35-23(33-22(18-9-5-2-6-10-18)15-21(29-33)17-7-3-1-4-8-17)16-31-25-24(28-30-31)26(36)32(27(25)37)19-11-13-20(14-12-19)34(38)39/h1-14,22,24-25H,15-16H2/t22-,24-,25-/m0/s1. The van der Waals surface area contributed by atoms with E-state index in [0.717, 1.165) is 21.7 Å². The Labute approximate surface area is 222 Å². The van der Waals surface area contributed by atoms with Gasteiger partial charge in [0, 0.05) is 18.6 Å². The molecule has 3 amide bonds. The van der Waals surface area contributed by atoms with Crippen LogP contribution in [0.1, 0.15) is 23.6 Å². The molecule has 3 aromatic carbocycles. The van der Waals surface area contributed by atoms with Crippen LogP contribution in [0.4, 0.5) is 11.4 Å². The molecule has 0 unspecified atom stereocenters. The smallest absolute Gasteiger partial charge is 0.269 e. The van der Waals surface area contributed by atoms with Gasteiger partial charge in [-0.25, -0.2) is 9.91 Å². The van der Waals surface area contributed by atoms with Gasteiger partial charge >= 0.3 is 0 Å². The third-order valence-electron chi connectivity index (χ3n) is 6.93. The number of hydrazone groups is 1. The van der Waals surface area contributed by atoms with Gasteiger partial charge in [-0.3, -0.25) is 29.5 Å². The fraction of sp³-hybridized carbons (Fsp3) is 0.185. The largest absolute Gasteiger partial charge is 0.271 e. The Kier molecular flexibility index (Phi) is 5.91. The van der Waals surface area contributed by atoms with Crippen molar-refractivity contribution in [2.24, 2.45) is 15.4 Å². The lowest BCUT2D eigenvalue weighted by Crippen LogP contribution is -2.44. The second-order valence-electron chi connectivity index (χ2n) is 9.26. The third kappa shape index (κ3) is 4.21. The fourth-order valence-electron chi connectivity index (χ4n) is 5.02. The zero-order valence-electron chi connectivity index (χ0n) is 20.4. The van der Waals surface area contributed by atoms with Crippen LogP contribution in [0.15, 0.2) is 100 Å². The minimum Gasteiger partial charge on any atom is -0.271 e. The molecule has 3 aromatic rings. The fourth-order valence-corrected chi connectivity index (χ4v) is 5.02. The summed E-state index contributed by atoms with van der Waals surface area (Å²) >= 11 is 0. The van der Waals surface area contributed by atoms with Gasteiger partial charge in [0.15, 0.2) is 12.1 Å². The average molecular weight is 524 g/mol. The van der Waals surface area contributed by atoms with Crippen molar-refractivity contribution in [1.82, 2.24) is 10.0 Å². The van der Waals surface area contributed by atoms with Crippen LogP contribution in [-0.2, 0) is 14.4 Å². The van der Waals surface area contributed by atoms with Gasteiger partial charge in [-0.1, -0.05) is 65.9 Å². The number of carbonyl (C=O) groups excluding carboxylic acids is 3. The van der Waals surface area contributed by atoms with Crippen molar-refractivity contribution in [3.05, 3.63) is 106 Å². The first kappa shape index (κ1) is 24.1. The Morgan fingerprint density at radius 2 is 1.59 bits per heavy atom. The van der Waals surface area contributed by atoms with Crippen molar-refractivity contribution >= 4 is 34.8 Å². The second-order valence-corrected chi connectivity index (χ2v) is 9.26. The Morgan fingerprint density at radius 1 is 0.923 bits per heavy atom. The lowest BCUT2D eigenvalue weighted by molar-refractivity contribution is -0.384. The van der Waals surface area contributed by atoms with Gasteiger partial charge in [0.05, 0.1) is 22.4 Å². The summed E-state index contributed by atoms with van der Waals surface area (Å²) in [5.41, 5.74) is 2.60. The monoisotopic (exact) mass is 523 g/mol. The lowest BCUT2D eigenvalue weighted by atomic mass is 9.98. The quantitative estimate of drug-likeness (QED) is 0.276. The van der Waals surface area contributed by atoms with Crippen LogP contribution in [0.3, 0.4) is 0 Å². The van der Waals surface area contributed by atoms with E-state index in [1.165, 1.54) is 34.3 Å². The van der Waals surface area contributed by atoms with Crippen molar-refractivity contribution in [3.8, 4) is 0 Å². The van der Waals surface area contributed by atoms with Gasteiger partial charge in [0.1, 0.15) is 6.54 Å². The Hall–Kier alpha value is -5.26. The van der Waals surface area contributed by atoms with Crippen LogP contribution in [0.5, 0.6) is 0 Å². The number of anilines is 1. The van der Waals surface area contributed by atoms with E-state index in [1.807, 2.05) is 60.7 Å². The van der Waals surface area contributed by atoms with Gasteiger partial charge in [0.25, 0.3) is 23.4 Å². The molecule has 39 heavy (non-hydrogen) atoms. The predicted octanol–water partition coefficient (Wildman–Crippen LogP) is 3.27. The maximum absolute atomic E-state index is 13.6. The van der Waals surface area contributed by atoms with Crippen LogP contribution in [0, 0.1) is 10.1 Å². The first-order valence-corrected chi connectivity index (χ1v) is 12.2. The Bertz CT molecular complexity index is 1530. The summed E-state index contributed by atoms with van der Waals surface area (Å²) in [4.78, 5) is 51.3. The Balaban J connectivity index is 1.24. The molecule has 0 aliphatic carbocycles. The summed E-state index contributed by atoms with van der Waals surface area (Å²) in [7, 11) is 0. The highest BCUT2D eigenvalue weighted by atomic mass is 16.6. The number of nitro benzene ring substituents is 1. The van der Waals surface area contributed by atoms with Crippen LogP contribution in [-0.4, -0.2) is 57.0 Å². The van der Waals surface area contributed by atoms with E-state index in [0.29, 0.717) is 6.42 Å². The molecule has 0 aromatic heterocycles. The summed E-state index contributed by atoms with van der Waals surface area (Å²) in [5.74, 6) is -1.61. The number of nitro groups is 1. The molecular weight excluding hydrogens is 502 g/mol. The number of imide groups is 1. The molecule has 3 atom stereocenters. The van der Waals surface area contributed by atoms with Gasteiger partial charge in [-0.05, 0) is 23.3 Å². The van der Waals surface area contributed by atoms with E-state index < -0.39 is 34.7 Å². The lowest BCUT2D eigenvalue weighted by Gasteiger charge is -2.25. The molecule has 12 nitrogen and oxygen atoms in total. The maximum Gasteiger partial charge on any atom is 0.269 e. The van der Waals surface area contributed by atoms with Crippen molar-refractivity contribution in [1.29, 1.82) is 0 Å². The van der Waals surface area contributed by atoms with E-state index in [9.17, 15) is 24.5 Å². The number of non-ortho nitro benzene ring substituents is 1. The molecule has 3 aliphatic rings. The van der Waals surface area contributed by atoms with Crippen LogP contribution < -0.4 is 4.90 Å². The first-order chi connectivity index (χ1) is 18.9. The molecule has 0 radical (unpaired) electrons. The van der Waals surface area contributed by atoms with E-state index in [4.69, 9.17) is 0 Å². The molecule has 1 saturated heterocycles. The molecule has 3 aliphatic heterocycles. The van der Waals surface area contributed by atoms with Gasteiger partial charge in [0.2, 0.25) is 0 Å². The first-order valence-electron chi connectivity index (χ1n) is 12.2. The number of rotatable bonds is 6. The summed E-state index contributed by atoms with van der Waals surface area (Å²) in [6, 6.07) is 21.7. The number of fused-ring (bicyclic) bond motifs is 1. The number of carbonyl (C=O) groups is 3. The van der Waals surface area contributed by atoms with Crippen molar-refractivity contribution in [2.45, 2.75) is 24.5 Å². The average Bonchev–Trinajstić information content (AvgIpc) is 3.65. The summed E-state index contributed by atoms with van der Waals surface area (Å²) in [6.45, 7) is -0.313. The van der Waals surface area contributed by atoms with Crippen molar-refractivity contribution in [2.75, 3.05) is 11.4 Å². The number of nitrogens with zero attached hydrogens (tertiary/aromatic N) is 7. The van der Waals surface area contributed by atoms with Gasteiger partial charge in [-0.15, -0.1) is 0 Å². The summed E-state index contributed by atoms with van der Waals surface area (Å²) in [5, 5.41) is 26.2. The molecule has 0 spiro atoms. The van der Waals surface area contributed by atoms with Crippen LogP contribution >= 0.6 is 0 Å². The zero-order valence-corrected chi connectivity index (χ0v) is 20.4. The van der Waals surface area contributed by atoms with Crippen LogP contribution in [0.25, 0.3) is 0 Å². The predicted molar refractivity (Wildman–Crippen MR) is 138 cm³/mol. The molecule has 0 bridgehead atoms. The molecule has 12 heteroatoms. The van der Waals surface area contributed by atoms with Crippen molar-refractivity contribution in [3.63, 3.8) is 0 Å². The highest BCUT2D eigenvalue weighted by Crippen LogP contribution is 2.35. The molecule has 0 saturated carbocycles. The maximum atomic E-state index is 13.6. The van der Waals surface area contributed by atoms with E-state index in [1.54, 1.807) is 0 Å². The van der Waals surface area contributed by atoms with Gasteiger partial charge in [-0.2, -0.15) is 10.2 Å². The minimum absolute atomic E-state index is 0.168. The van der Waals surface area contributed by atoms with E-state index in [2.05, 4.69) is 15.4 Å². The van der Waals surface area contributed by atoms with Gasteiger partial charge < -0.3 is 0 Å². The Morgan fingerprint density at radius 3 is 2.26 bits per heavy atom. The molecule has 0 N–H and O–H groups in total. The third-order valence-corrected chi connectivity index (χ3v) is 6.93. The number of hydrogen-bond acceptors (Lipinski definition) is 9. The molecule has 6 rings (SSSR count). The van der Waals surface area contributed by atoms with E-state index >= 15 is 0 Å². The number of benzene rings is 3.